The summed E-state index contributed by atoms with van der Waals surface area (Å²) in [7, 11) is 0. The summed E-state index contributed by atoms with van der Waals surface area (Å²) in [5.74, 6) is -1.63. The van der Waals surface area contributed by atoms with Gasteiger partial charge in [0.2, 0.25) is 0 Å². The number of rotatable bonds is 3. The van der Waals surface area contributed by atoms with Crippen LogP contribution in [0, 0.1) is 5.82 Å². The number of carbonyl (C=O) groups excluding carboxylic acids is 1. The van der Waals surface area contributed by atoms with Gasteiger partial charge >= 0.3 is 12.0 Å². The van der Waals surface area contributed by atoms with Crippen LogP contribution in [0.5, 0.6) is 0 Å². The summed E-state index contributed by atoms with van der Waals surface area (Å²) in [5.41, 5.74) is 2.06. The Morgan fingerprint density at radius 1 is 1.28 bits per heavy atom. The second-order valence-electron chi connectivity index (χ2n) is 6.59. The highest BCUT2D eigenvalue weighted by molar-refractivity contribution is 6.30. The van der Waals surface area contributed by atoms with Crippen LogP contribution in [0.4, 0.5) is 14.9 Å². The van der Waals surface area contributed by atoms with Crippen molar-refractivity contribution in [1.29, 1.82) is 0 Å². The largest absolute Gasteiger partial charge is 0.478 e. The Bertz CT molecular complexity index is 1100. The number of carboxylic acid groups (broad SMARTS) is 1. The number of aromatic carboxylic acids is 1. The van der Waals surface area contributed by atoms with E-state index in [0.717, 1.165) is 5.69 Å². The monoisotopic (exact) mass is 414 g/mol. The lowest BCUT2D eigenvalue weighted by molar-refractivity contribution is 0.0697. The minimum atomic E-state index is -1.10. The third kappa shape index (κ3) is 3.66. The normalized spacial score (nSPS) is 15.7. The Balaban J connectivity index is 1.69. The average molecular weight is 415 g/mol. The fourth-order valence-corrected chi connectivity index (χ4v) is 3.62. The molecule has 1 aliphatic heterocycles. The molecule has 3 N–H and O–H groups in total. The Hall–Kier alpha value is -3.39. The molecule has 0 spiro atoms. The molecule has 29 heavy (non-hydrogen) atoms. The Kier molecular flexibility index (Phi) is 4.94. The molecule has 0 saturated heterocycles. The molecule has 0 aliphatic carbocycles. The van der Waals surface area contributed by atoms with Crippen molar-refractivity contribution in [2.24, 2.45) is 0 Å². The third-order valence-corrected chi connectivity index (χ3v) is 5.04. The number of benzene rings is 2. The molecule has 0 unspecified atom stereocenters. The number of carbonyl (C=O) groups is 2. The summed E-state index contributed by atoms with van der Waals surface area (Å²) in [5, 5.41) is 12.1. The molecule has 0 bridgehead atoms. The number of hydrogen-bond donors (Lipinski definition) is 3. The van der Waals surface area contributed by atoms with Crippen LogP contribution in [0.25, 0.3) is 0 Å². The number of fused-ring (bicyclic) bond motifs is 1. The predicted molar refractivity (Wildman–Crippen MR) is 105 cm³/mol. The van der Waals surface area contributed by atoms with E-state index in [-0.39, 0.29) is 16.1 Å². The van der Waals surface area contributed by atoms with Crippen LogP contribution < -0.4 is 5.32 Å². The Morgan fingerprint density at radius 3 is 2.86 bits per heavy atom. The second kappa shape index (κ2) is 7.56. The van der Waals surface area contributed by atoms with Gasteiger partial charge in [-0.2, -0.15) is 0 Å². The molecule has 2 amide bonds. The number of aromatic amines is 1. The molecule has 3 aromatic rings. The molecule has 7 nitrogen and oxygen atoms in total. The second-order valence-corrected chi connectivity index (χ2v) is 7.03. The average Bonchev–Trinajstić information content (AvgIpc) is 3.16. The Labute approximate surface area is 170 Å². The van der Waals surface area contributed by atoms with Crippen LogP contribution in [0.15, 0.2) is 48.8 Å². The van der Waals surface area contributed by atoms with Gasteiger partial charge in [-0.25, -0.2) is 19.0 Å². The topological polar surface area (TPSA) is 98.3 Å². The zero-order valence-electron chi connectivity index (χ0n) is 15.0. The summed E-state index contributed by atoms with van der Waals surface area (Å²) in [6, 6.07) is 8.99. The fourth-order valence-electron chi connectivity index (χ4n) is 3.46. The highest BCUT2D eigenvalue weighted by atomic mass is 35.5. The van der Waals surface area contributed by atoms with Crippen molar-refractivity contribution in [3.05, 3.63) is 82.1 Å². The van der Waals surface area contributed by atoms with E-state index in [0.29, 0.717) is 24.3 Å². The lowest BCUT2D eigenvalue weighted by Gasteiger charge is -2.35. The maximum absolute atomic E-state index is 14.7. The maximum atomic E-state index is 14.7. The number of halogens is 2. The summed E-state index contributed by atoms with van der Waals surface area (Å²) in [6.45, 7) is 0.326. The van der Waals surface area contributed by atoms with Crippen LogP contribution in [0.2, 0.25) is 5.02 Å². The Morgan fingerprint density at radius 2 is 2.10 bits per heavy atom. The number of nitrogens with one attached hydrogen (secondary N) is 2. The molecule has 9 heteroatoms. The van der Waals surface area contributed by atoms with E-state index in [1.54, 1.807) is 12.1 Å². The van der Waals surface area contributed by atoms with Gasteiger partial charge in [-0.15, -0.1) is 0 Å². The van der Waals surface area contributed by atoms with Crippen molar-refractivity contribution in [3.8, 4) is 0 Å². The summed E-state index contributed by atoms with van der Waals surface area (Å²) < 4.78 is 14.7. The van der Waals surface area contributed by atoms with Crippen molar-refractivity contribution >= 4 is 29.3 Å². The van der Waals surface area contributed by atoms with Crippen molar-refractivity contribution < 1.29 is 19.1 Å². The number of H-pyrrole nitrogens is 1. The fraction of sp³-hybridized carbons (Fsp3) is 0.150. The van der Waals surface area contributed by atoms with Crippen LogP contribution in [0.3, 0.4) is 0 Å². The minimum Gasteiger partial charge on any atom is -0.478 e. The molecular formula is C20H16ClFN4O3. The number of nitrogens with zero attached hydrogens (tertiary/aromatic N) is 2. The van der Waals surface area contributed by atoms with Gasteiger partial charge in [0.15, 0.2) is 0 Å². The standard InChI is InChI=1S/C20H16ClFN4O3/c21-12-4-5-14(15(22)9-12)18-17-16(23-10-24-17)6-7-26(18)20(29)25-13-3-1-2-11(8-13)19(27)28/h1-5,8-10,18H,6-7H2,(H,23,24)(H,25,29)(H,27,28)/t18-/m1/s1. The first-order chi connectivity index (χ1) is 13.9. The quantitative estimate of drug-likeness (QED) is 0.601. The first-order valence-corrected chi connectivity index (χ1v) is 9.20. The number of urea groups is 1. The van der Waals surface area contributed by atoms with E-state index in [1.165, 1.54) is 41.6 Å². The van der Waals surface area contributed by atoms with Gasteiger partial charge in [-0.05, 0) is 30.3 Å². The van der Waals surface area contributed by atoms with Gasteiger partial charge in [0.25, 0.3) is 0 Å². The van der Waals surface area contributed by atoms with Crippen molar-refractivity contribution in [3.63, 3.8) is 0 Å². The highest BCUT2D eigenvalue weighted by Crippen LogP contribution is 2.35. The van der Waals surface area contributed by atoms with Gasteiger partial charge < -0.3 is 20.3 Å². The molecule has 0 fully saturated rings. The van der Waals surface area contributed by atoms with Crippen LogP contribution in [0.1, 0.15) is 33.4 Å². The number of anilines is 1. The van der Waals surface area contributed by atoms with Gasteiger partial charge in [0.1, 0.15) is 11.9 Å². The zero-order valence-corrected chi connectivity index (χ0v) is 15.8. The first kappa shape index (κ1) is 18.9. The van der Waals surface area contributed by atoms with Gasteiger partial charge in [-0.1, -0.05) is 23.7 Å². The van der Waals surface area contributed by atoms with Gasteiger partial charge in [0.05, 0.1) is 17.6 Å². The molecule has 1 aromatic heterocycles. The van der Waals surface area contributed by atoms with Crippen LogP contribution in [-0.2, 0) is 6.42 Å². The van der Waals surface area contributed by atoms with E-state index < -0.39 is 23.9 Å². The molecule has 2 heterocycles. The van der Waals surface area contributed by atoms with Crippen molar-refractivity contribution in [2.75, 3.05) is 11.9 Å². The molecule has 1 atom stereocenters. The first-order valence-electron chi connectivity index (χ1n) is 8.82. The molecule has 0 radical (unpaired) electrons. The third-order valence-electron chi connectivity index (χ3n) is 4.80. The van der Waals surface area contributed by atoms with Crippen molar-refractivity contribution in [1.82, 2.24) is 14.9 Å². The smallest absolute Gasteiger partial charge is 0.335 e. The number of aromatic nitrogens is 2. The summed E-state index contributed by atoms with van der Waals surface area (Å²) >= 11 is 5.88. The molecule has 1 aliphatic rings. The van der Waals surface area contributed by atoms with Crippen LogP contribution in [-0.4, -0.2) is 38.5 Å². The zero-order chi connectivity index (χ0) is 20.5. The lowest BCUT2D eigenvalue weighted by Crippen LogP contribution is -2.43. The van der Waals surface area contributed by atoms with E-state index in [9.17, 15) is 14.0 Å². The summed E-state index contributed by atoms with van der Waals surface area (Å²) in [6.07, 6.45) is 2.05. The number of imidazole rings is 1. The van der Waals surface area contributed by atoms with E-state index >= 15 is 0 Å². The maximum Gasteiger partial charge on any atom is 0.335 e. The number of amides is 2. The summed E-state index contributed by atoms with van der Waals surface area (Å²) in [4.78, 5) is 33.0. The predicted octanol–water partition coefficient (Wildman–Crippen LogP) is 4.08. The van der Waals surface area contributed by atoms with Gasteiger partial charge in [0, 0.05) is 34.9 Å². The number of carboxylic acids is 1. The molecule has 4 rings (SSSR count). The van der Waals surface area contributed by atoms with Crippen LogP contribution >= 0.6 is 11.6 Å². The van der Waals surface area contributed by atoms with E-state index in [2.05, 4.69) is 15.3 Å². The number of hydrogen-bond acceptors (Lipinski definition) is 3. The van der Waals surface area contributed by atoms with E-state index in [1.807, 2.05) is 0 Å². The minimum absolute atomic E-state index is 0.0522. The molecule has 0 saturated carbocycles. The molecule has 148 valence electrons. The van der Waals surface area contributed by atoms with E-state index in [4.69, 9.17) is 16.7 Å². The highest BCUT2D eigenvalue weighted by Gasteiger charge is 2.35. The SMILES string of the molecule is O=C(O)c1cccc(NC(=O)N2CCc3[nH]cnc3[C@H]2c2ccc(Cl)cc2F)c1. The molecular weight excluding hydrogens is 399 g/mol. The lowest BCUT2D eigenvalue weighted by atomic mass is 9.95. The van der Waals surface area contributed by atoms with Crippen molar-refractivity contribution in [2.45, 2.75) is 12.5 Å². The molecule has 2 aromatic carbocycles. The van der Waals surface area contributed by atoms with Gasteiger partial charge in [-0.3, -0.25) is 0 Å².